The van der Waals surface area contributed by atoms with Gasteiger partial charge in [-0.1, -0.05) is 87.5 Å². The van der Waals surface area contributed by atoms with Crippen molar-refractivity contribution in [3.63, 3.8) is 0 Å². The minimum atomic E-state index is -0.306. The fourth-order valence-corrected chi connectivity index (χ4v) is 2.80. The lowest BCUT2D eigenvalue weighted by molar-refractivity contribution is -0.123. The molecule has 0 aromatic heterocycles. The van der Waals surface area contributed by atoms with Crippen molar-refractivity contribution in [3.8, 4) is 16.9 Å². The second-order valence-corrected chi connectivity index (χ2v) is 7.84. The highest BCUT2D eigenvalue weighted by atomic mass is 16.5. The SMILES string of the molecule is CC(C)(C)c1ccc(/C=N/NC(=O)COc2ccc(-c3ccccc3)cc2)cc1. The molecule has 1 N–H and O–H groups in total. The maximum Gasteiger partial charge on any atom is 0.277 e. The number of nitrogens with zero attached hydrogens (tertiary/aromatic N) is 1. The van der Waals surface area contributed by atoms with Crippen LogP contribution < -0.4 is 10.2 Å². The smallest absolute Gasteiger partial charge is 0.277 e. The molecule has 29 heavy (non-hydrogen) atoms. The molecule has 0 aliphatic heterocycles. The van der Waals surface area contributed by atoms with Crippen LogP contribution in [0.15, 0.2) is 84.0 Å². The summed E-state index contributed by atoms with van der Waals surface area (Å²) in [6, 6.07) is 25.9. The Kier molecular flexibility index (Phi) is 6.45. The molecule has 0 bridgehead atoms. The summed E-state index contributed by atoms with van der Waals surface area (Å²) >= 11 is 0. The highest BCUT2D eigenvalue weighted by Crippen LogP contribution is 2.22. The van der Waals surface area contributed by atoms with Crippen molar-refractivity contribution in [1.29, 1.82) is 0 Å². The monoisotopic (exact) mass is 386 g/mol. The summed E-state index contributed by atoms with van der Waals surface area (Å²) < 4.78 is 5.53. The number of ether oxygens (including phenoxy) is 1. The van der Waals surface area contributed by atoms with Crippen molar-refractivity contribution < 1.29 is 9.53 Å². The molecular weight excluding hydrogens is 360 g/mol. The zero-order chi connectivity index (χ0) is 20.7. The number of carbonyl (C=O) groups is 1. The van der Waals surface area contributed by atoms with Crippen LogP contribution in [0.3, 0.4) is 0 Å². The van der Waals surface area contributed by atoms with E-state index in [1.165, 1.54) is 5.56 Å². The van der Waals surface area contributed by atoms with Crippen LogP contribution in [0, 0.1) is 0 Å². The maximum atomic E-state index is 11.9. The van der Waals surface area contributed by atoms with E-state index in [1.54, 1.807) is 6.21 Å². The topological polar surface area (TPSA) is 50.7 Å². The number of hydrogen-bond acceptors (Lipinski definition) is 3. The first kappa shape index (κ1) is 20.3. The van der Waals surface area contributed by atoms with Gasteiger partial charge < -0.3 is 4.74 Å². The van der Waals surface area contributed by atoms with Gasteiger partial charge in [0.2, 0.25) is 0 Å². The predicted octanol–water partition coefficient (Wildman–Crippen LogP) is 5.18. The minimum Gasteiger partial charge on any atom is -0.484 e. The van der Waals surface area contributed by atoms with Gasteiger partial charge in [0, 0.05) is 0 Å². The Morgan fingerprint density at radius 1 is 0.897 bits per heavy atom. The lowest BCUT2D eigenvalue weighted by atomic mass is 9.87. The number of hydrazone groups is 1. The van der Waals surface area contributed by atoms with Crippen molar-refractivity contribution in [3.05, 3.63) is 90.0 Å². The zero-order valence-corrected chi connectivity index (χ0v) is 17.1. The molecular formula is C25H26N2O2. The molecule has 0 heterocycles. The number of hydrogen-bond donors (Lipinski definition) is 1. The van der Waals surface area contributed by atoms with Crippen LogP contribution in [0.4, 0.5) is 0 Å². The largest absolute Gasteiger partial charge is 0.484 e. The predicted molar refractivity (Wildman–Crippen MR) is 118 cm³/mol. The molecule has 0 aliphatic carbocycles. The molecule has 0 unspecified atom stereocenters. The standard InChI is InChI=1S/C25H26N2O2/c1-25(2,3)22-13-9-19(10-14-22)17-26-27-24(28)18-29-23-15-11-21(12-16-23)20-7-5-4-6-8-20/h4-17H,18H2,1-3H3,(H,27,28)/b26-17+. The Bertz CT molecular complexity index is 954. The van der Waals surface area contributed by atoms with Gasteiger partial charge in [-0.2, -0.15) is 5.10 Å². The maximum absolute atomic E-state index is 11.9. The third-order valence-electron chi connectivity index (χ3n) is 4.51. The molecule has 3 aromatic carbocycles. The molecule has 0 fully saturated rings. The summed E-state index contributed by atoms with van der Waals surface area (Å²) in [5, 5.41) is 3.99. The number of amides is 1. The summed E-state index contributed by atoms with van der Waals surface area (Å²) in [6.45, 7) is 6.42. The minimum absolute atomic E-state index is 0.0923. The zero-order valence-electron chi connectivity index (χ0n) is 17.1. The summed E-state index contributed by atoms with van der Waals surface area (Å²) in [5.41, 5.74) is 7.02. The van der Waals surface area contributed by atoms with E-state index >= 15 is 0 Å². The Balaban J connectivity index is 1.47. The van der Waals surface area contributed by atoms with E-state index in [9.17, 15) is 4.79 Å². The molecule has 0 saturated heterocycles. The molecule has 0 aliphatic rings. The van der Waals surface area contributed by atoms with Crippen LogP contribution in [0.5, 0.6) is 5.75 Å². The fraction of sp³-hybridized carbons (Fsp3) is 0.200. The average Bonchev–Trinajstić information content (AvgIpc) is 2.73. The van der Waals surface area contributed by atoms with Crippen LogP contribution in [-0.2, 0) is 10.2 Å². The van der Waals surface area contributed by atoms with Gasteiger partial charge in [-0.05, 0) is 39.8 Å². The normalized spacial score (nSPS) is 11.4. The Morgan fingerprint density at radius 3 is 2.14 bits per heavy atom. The molecule has 0 radical (unpaired) electrons. The summed E-state index contributed by atoms with van der Waals surface area (Å²) in [7, 11) is 0. The average molecular weight is 386 g/mol. The number of carbonyl (C=O) groups excluding carboxylic acids is 1. The Hall–Kier alpha value is -3.40. The van der Waals surface area contributed by atoms with Crippen LogP contribution in [0.1, 0.15) is 31.9 Å². The van der Waals surface area contributed by atoms with E-state index < -0.39 is 0 Å². The summed E-state index contributed by atoms with van der Waals surface area (Å²) in [5.74, 6) is 0.335. The van der Waals surface area contributed by atoms with Gasteiger partial charge in [-0.25, -0.2) is 5.43 Å². The van der Waals surface area contributed by atoms with E-state index in [2.05, 4.69) is 55.6 Å². The van der Waals surface area contributed by atoms with E-state index in [-0.39, 0.29) is 17.9 Å². The first-order valence-electron chi connectivity index (χ1n) is 9.62. The van der Waals surface area contributed by atoms with E-state index in [0.29, 0.717) is 5.75 Å². The fourth-order valence-electron chi connectivity index (χ4n) is 2.80. The second kappa shape index (κ2) is 9.20. The van der Waals surface area contributed by atoms with E-state index in [0.717, 1.165) is 16.7 Å². The van der Waals surface area contributed by atoms with Gasteiger partial charge in [0.15, 0.2) is 6.61 Å². The molecule has 3 aromatic rings. The van der Waals surface area contributed by atoms with Gasteiger partial charge in [0.25, 0.3) is 5.91 Å². The molecule has 0 saturated carbocycles. The Morgan fingerprint density at radius 2 is 1.52 bits per heavy atom. The van der Waals surface area contributed by atoms with Crippen molar-refractivity contribution in [2.75, 3.05) is 6.61 Å². The van der Waals surface area contributed by atoms with Crippen LogP contribution in [0.25, 0.3) is 11.1 Å². The van der Waals surface area contributed by atoms with Crippen LogP contribution >= 0.6 is 0 Å². The highest BCUT2D eigenvalue weighted by molar-refractivity contribution is 5.83. The van der Waals surface area contributed by atoms with Crippen LogP contribution in [0.2, 0.25) is 0 Å². The first-order chi connectivity index (χ1) is 13.9. The third kappa shape index (κ3) is 6.04. The van der Waals surface area contributed by atoms with Gasteiger partial charge in [-0.15, -0.1) is 0 Å². The van der Waals surface area contributed by atoms with Crippen molar-refractivity contribution in [2.45, 2.75) is 26.2 Å². The van der Waals surface area contributed by atoms with E-state index in [4.69, 9.17) is 4.74 Å². The van der Waals surface area contributed by atoms with Gasteiger partial charge >= 0.3 is 0 Å². The lowest BCUT2D eigenvalue weighted by Crippen LogP contribution is -2.24. The van der Waals surface area contributed by atoms with Gasteiger partial charge in [-0.3, -0.25) is 4.79 Å². The van der Waals surface area contributed by atoms with E-state index in [1.807, 2.05) is 54.6 Å². The second-order valence-electron chi connectivity index (χ2n) is 7.84. The molecule has 4 heteroatoms. The molecule has 4 nitrogen and oxygen atoms in total. The summed E-state index contributed by atoms with van der Waals surface area (Å²) in [6.07, 6.45) is 1.62. The highest BCUT2D eigenvalue weighted by Gasteiger charge is 2.12. The van der Waals surface area contributed by atoms with Crippen molar-refractivity contribution in [1.82, 2.24) is 5.43 Å². The Labute approximate surface area is 172 Å². The molecule has 0 spiro atoms. The van der Waals surface area contributed by atoms with Crippen molar-refractivity contribution in [2.24, 2.45) is 5.10 Å². The van der Waals surface area contributed by atoms with Crippen molar-refractivity contribution >= 4 is 12.1 Å². The quantitative estimate of drug-likeness (QED) is 0.469. The summed E-state index contributed by atoms with van der Waals surface area (Å²) in [4.78, 5) is 11.9. The molecule has 1 amide bonds. The number of benzene rings is 3. The molecule has 3 rings (SSSR count). The number of nitrogens with one attached hydrogen (secondary N) is 1. The molecule has 0 atom stereocenters. The van der Waals surface area contributed by atoms with Gasteiger partial charge in [0.1, 0.15) is 5.75 Å². The number of rotatable bonds is 6. The first-order valence-corrected chi connectivity index (χ1v) is 9.62. The van der Waals surface area contributed by atoms with Gasteiger partial charge in [0.05, 0.1) is 6.21 Å². The van der Waals surface area contributed by atoms with Crippen LogP contribution in [-0.4, -0.2) is 18.7 Å². The third-order valence-corrected chi connectivity index (χ3v) is 4.51. The lowest BCUT2D eigenvalue weighted by Gasteiger charge is -2.18. The molecule has 148 valence electrons.